The highest BCUT2D eigenvalue weighted by Gasteiger charge is 2.38. The van der Waals surface area contributed by atoms with Crippen LogP contribution < -0.4 is 0 Å². The number of hydrogen-bond acceptors (Lipinski definition) is 2. The Kier molecular flexibility index (Phi) is 5.17. The van der Waals surface area contributed by atoms with Crippen LogP contribution in [0, 0.1) is 0 Å². The van der Waals surface area contributed by atoms with Gasteiger partial charge < -0.3 is 10.0 Å². The van der Waals surface area contributed by atoms with E-state index < -0.39 is 18.2 Å². The van der Waals surface area contributed by atoms with Gasteiger partial charge in [0.15, 0.2) is 0 Å². The maximum absolute atomic E-state index is 12.4. The van der Waals surface area contributed by atoms with E-state index >= 15 is 0 Å². The summed E-state index contributed by atoms with van der Waals surface area (Å²) in [6, 6.07) is -0.0629. The molecule has 0 radical (unpaired) electrons. The normalized spacial score (nSPS) is 22.7. The fourth-order valence-electron chi connectivity index (χ4n) is 3.23. The number of hydrogen-bond donors (Lipinski definition) is 1. The Morgan fingerprint density at radius 2 is 1.76 bits per heavy atom. The molecule has 0 unspecified atom stereocenters. The van der Waals surface area contributed by atoms with Gasteiger partial charge >= 0.3 is 6.18 Å². The number of carbonyl (C=O) groups is 1. The fraction of sp³-hybridized carbons (Fsp3) is 0.933. The topological polar surface area (TPSA) is 40.5 Å². The average Bonchev–Trinajstić information content (AvgIpc) is 2.30. The van der Waals surface area contributed by atoms with Gasteiger partial charge in [0, 0.05) is 12.6 Å². The lowest BCUT2D eigenvalue weighted by molar-refractivity contribution is -0.153. The molecule has 0 aromatic heterocycles. The molecule has 3 nitrogen and oxygen atoms in total. The third-order valence-electron chi connectivity index (χ3n) is 4.74. The number of amides is 1. The molecule has 2 aliphatic carbocycles. The zero-order chi connectivity index (χ0) is 15.5. The number of rotatable bonds is 5. The highest BCUT2D eigenvalue weighted by Crippen LogP contribution is 2.34. The summed E-state index contributed by atoms with van der Waals surface area (Å²) < 4.78 is 37.2. The molecule has 0 atom stereocenters. The smallest absolute Gasteiger partial charge is 0.389 e. The molecule has 2 rings (SSSR count). The summed E-state index contributed by atoms with van der Waals surface area (Å²) in [4.78, 5) is 13.7. The third kappa shape index (κ3) is 4.87. The van der Waals surface area contributed by atoms with E-state index in [9.17, 15) is 23.1 Å². The van der Waals surface area contributed by atoms with Crippen LogP contribution in [0.5, 0.6) is 0 Å². The minimum Gasteiger partial charge on any atom is -0.389 e. The van der Waals surface area contributed by atoms with Crippen LogP contribution >= 0.6 is 0 Å². The fourth-order valence-corrected chi connectivity index (χ4v) is 3.23. The molecule has 0 heterocycles. The van der Waals surface area contributed by atoms with Crippen molar-refractivity contribution < 1.29 is 23.1 Å². The van der Waals surface area contributed by atoms with Gasteiger partial charge in [-0.25, -0.2) is 0 Å². The van der Waals surface area contributed by atoms with E-state index in [0.29, 0.717) is 12.8 Å². The largest absolute Gasteiger partial charge is 0.390 e. The van der Waals surface area contributed by atoms with Crippen molar-refractivity contribution in [2.75, 3.05) is 6.54 Å². The molecule has 2 fully saturated rings. The Bertz CT molecular complexity index is 360. The Labute approximate surface area is 123 Å². The monoisotopic (exact) mass is 307 g/mol. The first-order valence-electron chi connectivity index (χ1n) is 7.88. The van der Waals surface area contributed by atoms with Crippen LogP contribution in [0.3, 0.4) is 0 Å². The first-order chi connectivity index (χ1) is 9.79. The van der Waals surface area contributed by atoms with Gasteiger partial charge in [0.05, 0.1) is 18.4 Å². The van der Waals surface area contributed by atoms with Gasteiger partial charge in [0.2, 0.25) is 5.91 Å². The average molecular weight is 307 g/mol. The lowest BCUT2D eigenvalue weighted by atomic mass is 9.81. The van der Waals surface area contributed by atoms with Gasteiger partial charge in [-0.3, -0.25) is 4.79 Å². The van der Waals surface area contributed by atoms with Gasteiger partial charge in [-0.2, -0.15) is 13.2 Å². The van der Waals surface area contributed by atoms with Gasteiger partial charge in [-0.05, 0) is 32.1 Å². The Hall–Kier alpha value is -0.780. The van der Waals surface area contributed by atoms with Gasteiger partial charge in [0.25, 0.3) is 0 Å². The van der Waals surface area contributed by atoms with Crippen LogP contribution in [0.15, 0.2) is 0 Å². The zero-order valence-electron chi connectivity index (χ0n) is 12.3. The predicted molar refractivity (Wildman–Crippen MR) is 72.7 cm³/mol. The molecule has 0 aliphatic heterocycles. The van der Waals surface area contributed by atoms with Gasteiger partial charge in [-0.1, -0.05) is 19.3 Å². The van der Waals surface area contributed by atoms with Crippen molar-refractivity contribution in [3.05, 3.63) is 0 Å². The van der Waals surface area contributed by atoms with E-state index in [-0.39, 0.29) is 24.9 Å². The highest BCUT2D eigenvalue weighted by molar-refractivity contribution is 5.77. The molecule has 0 aromatic rings. The third-order valence-corrected chi connectivity index (χ3v) is 4.74. The van der Waals surface area contributed by atoms with E-state index in [1.54, 1.807) is 0 Å². The molecular weight excluding hydrogens is 283 g/mol. The predicted octanol–water partition coefficient (Wildman–Crippen LogP) is 3.41. The minimum atomic E-state index is -4.25. The Balaban J connectivity index is 1.93. The van der Waals surface area contributed by atoms with E-state index in [4.69, 9.17) is 0 Å². The van der Waals surface area contributed by atoms with E-state index in [0.717, 1.165) is 38.5 Å². The van der Waals surface area contributed by atoms with Gasteiger partial charge in [0.1, 0.15) is 0 Å². The summed E-state index contributed by atoms with van der Waals surface area (Å²) in [6.45, 7) is -0.275. The summed E-state index contributed by atoms with van der Waals surface area (Å²) in [7, 11) is 0. The molecule has 0 aromatic carbocycles. The molecule has 6 heteroatoms. The molecule has 0 bridgehead atoms. The quantitative estimate of drug-likeness (QED) is 0.845. The second-order valence-electron chi connectivity index (χ2n) is 6.50. The molecule has 1 N–H and O–H groups in total. The first kappa shape index (κ1) is 16.6. The van der Waals surface area contributed by atoms with Crippen LogP contribution in [0.25, 0.3) is 0 Å². The molecule has 122 valence electrons. The van der Waals surface area contributed by atoms with E-state index in [1.165, 1.54) is 4.90 Å². The van der Waals surface area contributed by atoms with Crippen molar-refractivity contribution in [3.8, 4) is 0 Å². The highest BCUT2D eigenvalue weighted by atomic mass is 19.4. The Morgan fingerprint density at radius 3 is 2.24 bits per heavy atom. The summed E-state index contributed by atoms with van der Waals surface area (Å²) >= 11 is 0. The van der Waals surface area contributed by atoms with Crippen molar-refractivity contribution in [1.82, 2.24) is 4.90 Å². The van der Waals surface area contributed by atoms with E-state index in [1.807, 2.05) is 0 Å². The van der Waals surface area contributed by atoms with Crippen molar-refractivity contribution in [3.63, 3.8) is 0 Å². The second kappa shape index (κ2) is 6.55. The maximum atomic E-state index is 12.4. The van der Waals surface area contributed by atoms with Crippen LogP contribution in [-0.2, 0) is 4.79 Å². The van der Waals surface area contributed by atoms with Crippen LogP contribution in [0.4, 0.5) is 13.2 Å². The number of halogens is 3. The summed E-state index contributed by atoms with van der Waals surface area (Å²) in [5, 5.41) is 10.4. The minimum absolute atomic E-state index is 0.0264. The Morgan fingerprint density at radius 1 is 1.14 bits per heavy atom. The van der Waals surface area contributed by atoms with Crippen molar-refractivity contribution >= 4 is 5.91 Å². The van der Waals surface area contributed by atoms with E-state index in [2.05, 4.69) is 0 Å². The second-order valence-corrected chi connectivity index (χ2v) is 6.50. The maximum Gasteiger partial charge on any atom is 0.390 e. The van der Waals surface area contributed by atoms with Gasteiger partial charge in [-0.15, -0.1) is 0 Å². The van der Waals surface area contributed by atoms with Crippen LogP contribution in [0.1, 0.15) is 64.2 Å². The summed E-state index contributed by atoms with van der Waals surface area (Å²) in [5.41, 5.74) is -1.00. The number of carbonyl (C=O) groups excluding carboxylic acids is 1. The molecular formula is C15H24F3NO2. The van der Waals surface area contributed by atoms with Crippen LogP contribution in [-0.4, -0.2) is 40.3 Å². The number of nitrogens with zero attached hydrogens (tertiary/aromatic N) is 1. The molecule has 0 saturated heterocycles. The number of aliphatic hydroxyl groups is 1. The molecule has 0 spiro atoms. The summed E-state index contributed by atoms with van der Waals surface area (Å²) in [5.74, 6) is -0.312. The molecule has 2 aliphatic rings. The van der Waals surface area contributed by atoms with Crippen molar-refractivity contribution in [1.29, 1.82) is 0 Å². The van der Waals surface area contributed by atoms with Crippen molar-refractivity contribution in [2.45, 2.75) is 82.0 Å². The SMILES string of the molecule is O=C(CC1(O)CCCCC1)N(CCC(F)(F)F)C1CCC1. The zero-order valence-corrected chi connectivity index (χ0v) is 12.3. The standard InChI is InChI=1S/C15H24F3NO2/c16-15(17,18)9-10-19(12-5-4-6-12)13(20)11-14(21)7-2-1-3-8-14/h12,21H,1-11H2. The lowest BCUT2D eigenvalue weighted by Gasteiger charge is -2.40. The molecule has 2 saturated carbocycles. The molecule has 1 amide bonds. The first-order valence-corrected chi connectivity index (χ1v) is 7.88. The lowest BCUT2D eigenvalue weighted by Crippen LogP contribution is -2.48. The summed E-state index contributed by atoms with van der Waals surface area (Å²) in [6.07, 6.45) is 1.27. The molecule has 21 heavy (non-hydrogen) atoms. The van der Waals surface area contributed by atoms with Crippen molar-refractivity contribution in [2.24, 2.45) is 0 Å². The van der Waals surface area contributed by atoms with Crippen LogP contribution in [0.2, 0.25) is 0 Å². The number of alkyl halides is 3.